The van der Waals surface area contributed by atoms with Crippen molar-refractivity contribution in [2.45, 2.75) is 38.4 Å². The van der Waals surface area contributed by atoms with Crippen LogP contribution in [0.15, 0.2) is 18.2 Å². The topological polar surface area (TPSA) is 15.3 Å². The van der Waals surface area contributed by atoms with Gasteiger partial charge in [-0.05, 0) is 37.5 Å². The Kier molecular flexibility index (Phi) is 4.25. The van der Waals surface area contributed by atoms with Crippen molar-refractivity contribution in [1.29, 1.82) is 0 Å². The maximum atomic E-state index is 6.43. The van der Waals surface area contributed by atoms with E-state index in [4.69, 9.17) is 11.6 Å². The first-order chi connectivity index (χ1) is 9.24. The number of nitrogens with zero attached hydrogens (tertiary/aromatic N) is 1. The molecule has 1 heterocycles. The van der Waals surface area contributed by atoms with Crippen LogP contribution in [-0.2, 0) is 6.54 Å². The summed E-state index contributed by atoms with van der Waals surface area (Å²) >= 11 is 8.47. The minimum atomic E-state index is 0.602. The number of thioether (sulfide) groups is 1. The van der Waals surface area contributed by atoms with Crippen LogP contribution in [0.3, 0.4) is 0 Å². The van der Waals surface area contributed by atoms with Crippen LogP contribution in [-0.4, -0.2) is 30.1 Å². The number of anilines is 1. The Balaban J connectivity index is 1.70. The van der Waals surface area contributed by atoms with E-state index in [1.807, 2.05) is 11.8 Å². The molecular weight excluding hydrogens is 276 g/mol. The molecule has 1 aromatic rings. The fourth-order valence-electron chi connectivity index (χ4n) is 2.51. The Morgan fingerprint density at radius 3 is 2.95 bits per heavy atom. The van der Waals surface area contributed by atoms with Gasteiger partial charge in [-0.25, -0.2) is 0 Å². The Bertz CT molecular complexity index is 448. The van der Waals surface area contributed by atoms with Crippen LogP contribution in [0.4, 0.5) is 5.69 Å². The fraction of sp³-hybridized carbons (Fsp3) is 0.600. The van der Waals surface area contributed by atoms with Gasteiger partial charge in [0.05, 0.1) is 0 Å². The lowest BCUT2D eigenvalue weighted by Crippen LogP contribution is -2.40. The fourth-order valence-corrected chi connectivity index (χ4v) is 3.77. The van der Waals surface area contributed by atoms with Gasteiger partial charge < -0.3 is 10.2 Å². The minimum Gasteiger partial charge on any atom is -0.367 e. The molecule has 104 valence electrons. The molecule has 4 heteroatoms. The SMILES string of the molecule is CC1CSCCN1c1ccc(CNC2CC2)c(Cl)c1. The van der Waals surface area contributed by atoms with E-state index in [-0.39, 0.29) is 0 Å². The van der Waals surface area contributed by atoms with E-state index in [0.29, 0.717) is 6.04 Å². The second kappa shape index (κ2) is 5.94. The monoisotopic (exact) mass is 296 g/mol. The highest BCUT2D eigenvalue weighted by atomic mass is 35.5. The van der Waals surface area contributed by atoms with Crippen molar-refractivity contribution in [3.63, 3.8) is 0 Å². The molecule has 1 aliphatic heterocycles. The molecule has 2 aliphatic rings. The van der Waals surface area contributed by atoms with Gasteiger partial charge in [0, 0.05) is 47.4 Å². The van der Waals surface area contributed by atoms with E-state index in [9.17, 15) is 0 Å². The standard InChI is InChI=1S/C15H21ClN2S/c1-11-10-19-7-6-18(11)14-5-2-12(15(16)8-14)9-17-13-3-4-13/h2,5,8,11,13,17H,3-4,6-7,9-10H2,1H3. The molecule has 1 aliphatic carbocycles. The first-order valence-corrected chi connectivity index (χ1v) is 8.63. The zero-order valence-electron chi connectivity index (χ0n) is 11.4. The van der Waals surface area contributed by atoms with Crippen molar-refractivity contribution in [2.24, 2.45) is 0 Å². The molecule has 0 amide bonds. The zero-order chi connectivity index (χ0) is 13.2. The molecule has 2 nitrogen and oxygen atoms in total. The van der Waals surface area contributed by atoms with E-state index in [0.717, 1.165) is 24.2 Å². The van der Waals surface area contributed by atoms with Gasteiger partial charge in [0.1, 0.15) is 0 Å². The lowest BCUT2D eigenvalue weighted by atomic mass is 10.1. The average Bonchev–Trinajstić information content (AvgIpc) is 3.22. The van der Waals surface area contributed by atoms with Gasteiger partial charge in [0.25, 0.3) is 0 Å². The molecule has 3 rings (SSSR count). The maximum absolute atomic E-state index is 6.43. The second-order valence-corrected chi connectivity index (χ2v) is 7.11. The van der Waals surface area contributed by atoms with Crippen LogP contribution in [0.1, 0.15) is 25.3 Å². The van der Waals surface area contributed by atoms with Crippen LogP contribution >= 0.6 is 23.4 Å². The second-order valence-electron chi connectivity index (χ2n) is 5.55. The summed E-state index contributed by atoms with van der Waals surface area (Å²) in [6, 6.07) is 7.88. The first-order valence-electron chi connectivity index (χ1n) is 7.10. The Hall–Kier alpha value is -0.380. The summed E-state index contributed by atoms with van der Waals surface area (Å²) in [7, 11) is 0. The highest BCUT2D eigenvalue weighted by molar-refractivity contribution is 7.99. The molecule has 19 heavy (non-hydrogen) atoms. The van der Waals surface area contributed by atoms with Crippen molar-refractivity contribution in [1.82, 2.24) is 5.32 Å². The lowest BCUT2D eigenvalue weighted by molar-refractivity contribution is 0.685. The van der Waals surface area contributed by atoms with Gasteiger partial charge in [-0.2, -0.15) is 11.8 Å². The number of hydrogen-bond acceptors (Lipinski definition) is 3. The normalized spacial score (nSPS) is 23.7. The third kappa shape index (κ3) is 3.39. The summed E-state index contributed by atoms with van der Waals surface area (Å²) in [5, 5.41) is 4.42. The molecule has 1 atom stereocenters. The van der Waals surface area contributed by atoms with Gasteiger partial charge in [-0.1, -0.05) is 17.7 Å². The summed E-state index contributed by atoms with van der Waals surface area (Å²) in [4.78, 5) is 2.47. The Labute approximate surface area is 124 Å². The van der Waals surface area contributed by atoms with Crippen molar-refractivity contribution < 1.29 is 0 Å². The molecule has 2 fully saturated rings. The molecule has 0 radical (unpaired) electrons. The van der Waals surface area contributed by atoms with Gasteiger partial charge in [0.2, 0.25) is 0 Å². The van der Waals surface area contributed by atoms with Gasteiger partial charge in [-0.15, -0.1) is 0 Å². The molecule has 1 unspecified atom stereocenters. The number of halogens is 1. The summed E-state index contributed by atoms with van der Waals surface area (Å²) in [5.41, 5.74) is 2.49. The van der Waals surface area contributed by atoms with Crippen molar-refractivity contribution in [2.75, 3.05) is 23.0 Å². The zero-order valence-corrected chi connectivity index (χ0v) is 12.9. The van der Waals surface area contributed by atoms with E-state index in [1.165, 1.54) is 35.6 Å². The highest BCUT2D eigenvalue weighted by Gasteiger charge is 2.21. The van der Waals surface area contributed by atoms with E-state index < -0.39 is 0 Å². The molecule has 1 saturated heterocycles. The van der Waals surface area contributed by atoms with Gasteiger partial charge in [0.15, 0.2) is 0 Å². The molecule has 1 aromatic carbocycles. The van der Waals surface area contributed by atoms with Crippen LogP contribution in [0, 0.1) is 0 Å². The molecular formula is C15H21ClN2S. The Morgan fingerprint density at radius 2 is 2.26 bits per heavy atom. The summed E-state index contributed by atoms with van der Waals surface area (Å²) < 4.78 is 0. The van der Waals surface area contributed by atoms with Crippen LogP contribution in [0.2, 0.25) is 5.02 Å². The predicted molar refractivity (Wildman–Crippen MR) is 85.4 cm³/mol. The summed E-state index contributed by atoms with van der Waals surface area (Å²) in [6.07, 6.45) is 2.64. The quantitative estimate of drug-likeness (QED) is 0.915. The first kappa shape index (κ1) is 13.6. The van der Waals surface area contributed by atoms with E-state index >= 15 is 0 Å². The predicted octanol–water partition coefficient (Wildman–Crippen LogP) is 3.53. The number of rotatable bonds is 4. The maximum Gasteiger partial charge on any atom is 0.0471 e. The third-order valence-electron chi connectivity index (χ3n) is 3.89. The Morgan fingerprint density at radius 1 is 1.42 bits per heavy atom. The van der Waals surface area contributed by atoms with Crippen molar-refractivity contribution in [3.8, 4) is 0 Å². The molecule has 1 saturated carbocycles. The summed E-state index contributed by atoms with van der Waals surface area (Å²) in [5.74, 6) is 2.43. The third-order valence-corrected chi connectivity index (χ3v) is 5.44. The van der Waals surface area contributed by atoms with Crippen molar-refractivity contribution in [3.05, 3.63) is 28.8 Å². The van der Waals surface area contributed by atoms with Crippen LogP contribution < -0.4 is 10.2 Å². The molecule has 1 N–H and O–H groups in total. The minimum absolute atomic E-state index is 0.602. The smallest absolute Gasteiger partial charge is 0.0471 e. The summed E-state index contributed by atoms with van der Waals surface area (Å²) in [6.45, 7) is 4.32. The number of benzene rings is 1. The molecule has 0 spiro atoms. The van der Waals surface area contributed by atoms with Gasteiger partial charge in [-0.3, -0.25) is 0 Å². The molecule has 0 bridgehead atoms. The molecule has 0 aromatic heterocycles. The number of hydrogen-bond donors (Lipinski definition) is 1. The number of nitrogens with one attached hydrogen (secondary N) is 1. The van der Waals surface area contributed by atoms with Crippen LogP contribution in [0.25, 0.3) is 0 Å². The highest BCUT2D eigenvalue weighted by Crippen LogP contribution is 2.29. The van der Waals surface area contributed by atoms with Crippen molar-refractivity contribution >= 4 is 29.1 Å². The lowest BCUT2D eigenvalue weighted by Gasteiger charge is -2.35. The largest absolute Gasteiger partial charge is 0.367 e. The van der Waals surface area contributed by atoms with Gasteiger partial charge >= 0.3 is 0 Å². The van der Waals surface area contributed by atoms with E-state index in [2.05, 4.69) is 35.3 Å². The van der Waals surface area contributed by atoms with Crippen LogP contribution in [0.5, 0.6) is 0 Å². The van der Waals surface area contributed by atoms with E-state index in [1.54, 1.807) is 0 Å². The average molecular weight is 297 g/mol.